The van der Waals surface area contributed by atoms with E-state index >= 15 is 0 Å². The Morgan fingerprint density at radius 1 is 0.846 bits per heavy atom. The molecule has 3 rings (SSSR count). The number of fused-ring (bicyclic) bond motifs is 1. The highest BCUT2D eigenvalue weighted by molar-refractivity contribution is 6.76. The van der Waals surface area contributed by atoms with Gasteiger partial charge in [-0.1, -0.05) is 62.1 Å². The molecule has 0 bridgehead atoms. The molecule has 0 spiro atoms. The van der Waals surface area contributed by atoms with E-state index in [2.05, 4.69) is 36.7 Å². The molecule has 5 heteroatoms. The smallest absolute Gasteiger partial charge is 0.261 e. The molecule has 0 unspecified atom stereocenters. The number of amides is 2. The molecule has 0 aliphatic carbocycles. The van der Waals surface area contributed by atoms with Crippen molar-refractivity contribution in [1.82, 2.24) is 9.80 Å². The molecular formula is C21H26N2O2Si. The Morgan fingerprint density at radius 3 is 1.92 bits per heavy atom. The number of carbonyl (C=O) groups is 2. The second-order valence-electron chi connectivity index (χ2n) is 8.06. The van der Waals surface area contributed by atoms with Crippen LogP contribution >= 0.6 is 0 Å². The predicted octanol–water partition coefficient (Wildman–Crippen LogP) is 3.66. The van der Waals surface area contributed by atoms with Crippen molar-refractivity contribution in [3.63, 3.8) is 0 Å². The number of hydrogen-bond donors (Lipinski definition) is 0. The van der Waals surface area contributed by atoms with Gasteiger partial charge in [0.15, 0.2) is 0 Å². The molecule has 2 aromatic rings. The van der Waals surface area contributed by atoms with Gasteiger partial charge >= 0.3 is 0 Å². The van der Waals surface area contributed by atoms with Crippen LogP contribution in [0.4, 0.5) is 0 Å². The lowest BCUT2D eigenvalue weighted by atomic mass is 10.1. The number of benzene rings is 2. The van der Waals surface area contributed by atoms with Crippen molar-refractivity contribution in [2.24, 2.45) is 0 Å². The number of imide groups is 1. The van der Waals surface area contributed by atoms with Crippen LogP contribution in [0.3, 0.4) is 0 Å². The van der Waals surface area contributed by atoms with Crippen molar-refractivity contribution in [1.29, 1.82) is 0 Å². The summed E-state index contributed by atoms with van der Waals surface area (Å²) in [5.74, 6) is -0.337. The maximum atomic E-state index is 12.6. The first-order chi connectivity index (χ1) is 12.3. The summed E-state index contributed by atoms with van der Waals surface area (Å²) in [6.07, 6.45) is 1.03. The number of hydrogen-bond acceptors (Lipinski definition) is 3. The zero-order valence-corrected chi connectivity index (χ0v) is 16.7. The lowest BCUT2D eigenvalue weighted by Crippen LogP contribution is -2.44. The molecule has 0 N–H and O–H groups in total. The highest BCUT2D eigenvalue weighted by Gasteiger charge is 2.35. The molecule has 26 heavy (non-hydrogen) atoms. The Labute approximate surface area is 156 Å². The van der Waals surface area contributed by atoms with Crippen LogP contribution in [0.2, 0.25) is 19.6 Å². The molecule has 136 valence electrons. The monoisotopic (exact) mass is 366 g/mol. The fourth-order valence-corrected chi connectivity index (χ4v) is 5.02. The maximum absolute atomic E-state index is 12.6. The van der Waals surface area contributed by atoms with Gasteiger partial charge in [-0.15, -0.1) is 0 Å². The molecular weight excluding hydrogens is 340 g/mol. The summed E-state index contributed by atoms with van der Waals surface area (Å²) in [4.78, 5) is 28.9. The van der Waals surface area contributed by atoms with E-state index in [9.17, 15) is 9.59 Å². The summed E-state index contributed by atoms with van der Waals surface area (Å²) >= 11 is 0. The van der Waals surface area contributed by atoms with Crippen LogP contribution in [-0.4, -0.2) is 48.9 Å². The molecule has 0 saturated heterocycles. The van der Waals surface area contributed by atoms with Crippen LogP contribution < -0.4 is 0 Å². The topological polar surface area (TPSA) is 40.6 Å². The fraction of sp³-hybridized carbons (Fsp3) is 0.333. The first-order valence-corrected chi connectivity index (χ1v) is 12.8. The van der Waals surface area contributed by atoms with Gasteiger partial charge in [0.1, 0.15) is 0 Å². The van der Waals surface area contributed by atoms with E-state index in [0.29, 0.717) is 24.2 Å². The van der Waals surface area contributed by atoms with Gasteiger partial charge in [-0.2, -0.15) is 0 Å². The van der Waals surface area contributed by atoms with E-state index < -0.39 is 8.07 Å². The summed E-state index contributed by atoms with van der Waals surface area (Å²) in [7, 11) is -1.31. The zero-order chi connectivity index (χ0) is 18.7. The Bertz CT molecular complexity index is 764. The Morgan fingerprint density at radius 2 is 1.38 bits per heavy atom. The van der Waals surface area contributed by atoms with Gasteiger partial charge in [0.05, 0.1) is 19.2 Å². The van der Waals surface area contributed by atoms with Crippen molar-refractivity contribution in [2.45, 2.75) is 26.2 Å². The van der Waals surface area contributed by atoms with E-state index in [4.69, 9.17) is 0 Å². The number of nitrogens with zero attached hydrogens (tertiary/aromatic N) is 2. The zero-order valence-electron chi connectivity index (χ0n) is 15.7. The summed E-state index contributed by atoms with van der Waals surface area (Å²) < 4.78 is 0. The Balaban J connectivity index is 1.70. The molecule has 1 aliphatic heterocycles. The highest BCUT2D eigenvalue weighted by atomic mass is 28.3. The van der Waals surface area contributed by atoms with Crippen LogP contribution in [0.1, 0.15) is 26.3 Å². The van der Waals surface area contributed by atoms with Crippen molar-refractivity contribution < 1.29 is 9.59 Å². The van der Waals surface area contributed by atoms with Crippen molar-refractivity contribution in [2.75, 3.05) is 19.3 Å². The molecule has 0 saturated carbocycles. The molecule has 4 nitrogen and oxygen atoms in total. The number of rotatable bonds is 7. The van der Waals surface area contributed by atoms with Crippen molar-refractivity contribution in [3.8, 4) is 0 Å². The van der Waals surface area contributed by atoms with Crippen LogP contribution in [0.15, 0.2) is 54.6 Å². The van der Waals surface area contributed by atoms with Crippen molar-refractivity contribution in [3.05, 3.63) is 71.3 Å². The fourth-order valence-electron chi connectivity index (χ4n) is 3.41. The average molecular weight is 367 g/mol. The lowest BCUT2D eigenvalue weighted by molar-refractivity contribution is 0.0638. The van der Waals surface area contributed by atoms with Gasteiger partial charge in [-0.25, -0.2) is 0 Å². The largest absolute Gasteiger partial charge is 0.300 e. The summed E-state index contributed by atoms with van der Waals surface area (Å²) in [5, 5.41) is 0. The van der Waals surface area contributed by atoms with Gasteiger partial charge in [-0.05, 0) is 23.9 Å². The molecule has 0 atom stereocenters. The Hall–Kier alpha value is -2.24. The predicted molar refractivity (Wildman–Crippen MR) is 107 cm³/mol. The third-order valence-electron chi connectivity index (χ3n) is 4.46. The maximum Gasteiger partial charge on any atom is 0.261 e. The second-order valence-corrected chi connectivity index (χ2v) is 13.5. The van der Waals surface area contributed by atoms with E-state index in [1.54, 1.807) is 24.3 Å². The van der Waals surface area contributed by atoms with E-state index in [0.717, 1.165) is 12.7 Å². The molecule has 1 aliphatic rings. The average Bonchev–Trinajstić information content (AvgIpc) is 2.84. The minimum absolute atomic E-state index is 0.168. The van der Waals surface area contributed by atoms with Gasteiger partial charge in [0, 0.05) is 19.6 Å². The molecule has 0 aromatic heterocycles. The lowest BCUT2D eigenvalue weighted by Gasteiger charge is -2.30. The quantitative estimate of drug-likeness (QED) is 0.555. The van der Waals surface area contributed by atoms with Crippen LogP contribution in [-0.2, 0) is 6.54 Å². The van der Waals surface area contributed by atoms with E-state index in [1.165, 1.54) is 10.5 Å². The van der Waals surface area contributed by atoms with Crippen LogP contribution in [0.5, 0.6) is 0 Å². The summed E-state index contributed by atoms with van der Waals surface area (Å²) in [5.41, 5.74) is 2.31. The molecule has 2 aromatic carbocycles. The third kappa shape index (κ3) is 4.29. The first-order valence-electron chi connectivity index (χ1n) is 9.07. The van der Waals surface area contributed by atoms with Gasteiger partial charge in [0.2, 0.25) is 0 Å². The molecule has 0 radical (unpaired) electrons. The summed E-state index contributed by atoms with van der Waals surface area (Å²) in [6, 6.07) is 17.4. The van der Waals surface area contributed by atoms with Crippen molar-refractivity contribution >= 4 is 19.9 Å². The van der Waals surface area contributed by atoms with Gasteiger partial charge in [-0.3, -0.25) is 14.5 Å². The van der Waals surface area contributed by atoms with Gasteiger partial charge in [0.25, 0.3) is 11.8 Å². The highest BCUT2D eigenvalue weighted by Crippen LogP contribution is 2.22. The Kier molecular flexibility index (Phi) is 5.39. The first kappa shape index (κ1) is 18.5. The van der Waals surface area contributed by atoms with Gasteiger partial charge < -0.3 is 4.90 Å². The summed E-state index contributed by atoms with van der Waals surface area (Å²) in [6.45, 7) is 9.00. The minimum Gasteiger partial charge on any atom is -0.300 e. The van der Waals surface area contributed by atoms with E-state index in [-0.39, 0.29) is 11.8 Å². The third-order valence-corrected chi connectivity index (χ3v) is 5.86. The normalized spacial score (nSPS) is 14.2. The van der Waals surface area contributed by atoms with Crippen LogP contribution in [0.25, 0.3) is 0 Å². The molecule has 0 fully saturated rings. The van der Waals surface area contributed by atoms with E-state index in [1.807, 2.05) is 18.2 Å². The minimum atomic E-state index is -1.31. The second kappa shape index (κ2) is 7.56. The number of carbonyl (C=O) groups excluding carboxylic acids is 2. The van der Waals surface area contributed by atoms with Crippen LogP contribution in [0, 0.1) is 0 Å². The SMILES string of the molecule is C[Si](C)(C)CN(CCN1C(=O)c2ccccc2C1=O)Cc1ccccc1. The molecule has 2 amide bonds. The standard InChI is InChI=1S/C21H26N2O2Si/c1-26(2,3)16-22(15-17-9-5-4-6-10-17)13-14-23-20(24)18-11-7-8-12-19(18)21(23)25/h4-12H,13-16H2,1-3H3. The molecule has 1 heterocycles.